The number of amides is 1. The number of pyridine rings is 1. The van der Waals surface area contributed by atoms with Gasteiger partial charge in [-0.2, -0.15) is 0 Å². The molecule has 14 heavy (non-hydrogen) atoms. The number of fused-ring (bicyclic) bond motifs is 1. The van der Waals surface area contributed by atoms with Crippen LogP contribution in [-0.2, 0) is 4.79 Å². The molecular formula is C9H10FN3O. The number of carbonyl (C=O) groups excluding carboxylic acids is 1. The van der Waals surface area contributed by atoms with Crippen molar-refractivity contribution in [3.05, 3.63) is 18.1 Å². The fraction of sp³-hybridized carbons (Fsp3) is 0.333. The zero-order chi connectivity index (χ0) is 10.1. The van der Waals surface area contributed by atoms with Crippen LogP contribution in [0.1, 0.15) is 6.42 Å². The highest BCUT2D eigenvalue weighted by Gasteiger charge is 2.17. The molecule has 74 valence electrons. The molecule has 1 aliphatic heterocycles. The third kappa shape index (κ3) is 1.53. The minimum atomic E-state index is -0.445. The van der Waals surface area contributed by atoms with E-state index in [9.17, 15) is 9.18 Å². The van der Waals surface area contributed by atoms with Crippen LogP contribution in [0.2, 0.25) is 0 Å². The van der Waals surface area contributed by atoms with Gasteiger partial charge in [0.05, 0.1) is 11.9 Å². The highest BCUT2D eigenvalue weighted by atomic mass is 19.1. The van der Waals surface area contributed by atoms with Gasteiger partial charge in [-0.25, -0.2) is 9.37 Å². The standard InChI is InChI=1S/C9H10FN3O/c1-13-3-2-8(14)12-7-4-6(10)5-11-9(7)13/h4-5H,2-3H2,1H3,(H,12,14). The third-order valence-corrected chi connectivity index (χ3v) is 2.14. The first-order valence-corrected chi connectivity index (χ1v) is 4.33. The second-order valence-corrected chi connectivity index (χ2v) is 3.24. The van der Waals surface area contributed by atoms with Gasteiger partial charge in [0.2, 0.25) is 5.91 Å². The van der Waals surface area contributed by atoms with Crippen LogP contribution in [0, 0.1) is 5.82 Å². The van der Waals surface area contributed by atoms with Gasteiger partial charge in [0, 0.05) is 26.1 Å². The Balaban J connectivity index is 2.46. The van der Waals surface area contributed by atoms with Gasteiger partial charge in [0.25, 0.3) is 0 Å². The maximum Gasteiger partial charge on any atom is 0.226 e. The summed E-state index contributed by atoms with van der Waals surface area (Å²) in [4.78, 5) is 17.0. The molecule has 0 aliphatic carbocycles. The fourth-order valence-corrected chi connectivity index (χ4v) is 1.42. The predicted molar refractivity (Wildman–Crippen MR) is 50.7 cm³/mol. The van der Waals surface area contributed by atoms with Crippen molar-refractivity contribution in [1.29, 1.82) is 0 Å². The molecule has 5 heteroatoms. The first kappa shape index (κ1) is 8.93. The predicted octanol–water partition coefficient (Wildman–Crippen LogP) is 0.999. The first-order valence-electron chi connectivity index (χ1n) is 4.33. The van der Waals surface area contributed by atoms with Gasteiger partial charge in [-0.3, -0.25) is 4.79 Å². The summed E-state index contributed by atoms with van der Waals surface area (Å²) in [6.07, 6.45) is 1.54. The van der Waals surface area contributed by atoms with Gasteiger partial charge in [-0.05, 0) is 0 Å². The molecule has 1 amide bonds. The summed E-state index contributed by atoms with van der Waals surface area (Å²) < 4.78 is 12.8. The molecule has 0 saturated carbocycles. The Kier molecular flexibility index (Phi) is 2.07. The molecule has 1 aromatic heterocycles. The summed E-state index contributed by atoms with van der Waals surface area (Å²) in [5.41, 5.74) is 0.440. The van der Waals surface area contributed by atoms with Crippen LogP contribution in [-0.4, -0.2) is 24.5 Å². The van der Waals surface area contributed by atoms with Crippen molar-refractivity contribution in [3.63, 3.8) is 0 Å². The van der Waals surface area contributed by atoms with Crippen molar-refractivity contribution in [2.24, 2.45) is 0 Å². The molecule has 0 radical (unpaired) electrons. The van der Waals surface area contributed by atoms with E-state index < -0.39 is 5.82 Å². The average Bonchev–Trinajstić information content (AvgIpc) is 2.26. The summed E-state index contributed by atoms with van der Waals surface area (Å²) >= 11 is 0. The van der Waals surface area contributed by atoms with Crippen molar-refractivity contribution in [1.82, 2.24) is 4.98 Å². The Hall–Kier alpha value is -1.65. The molecule has 0 spiro atoms. The Labute approximate surface area is 80.7 Å². The molecule has 1 aromatic rings. The summed E-state index contributed by atoms with van der Waals surface area (Å²) in [5.74, 6) is 0.0552. The molecule has 1 N–H and O–H groups in total. The monoisotopic (exact) mass is 195 g/mol. The molecule has 0 unspecified atom stereocenters. The summed E-state index contributed by atoms with van der Waals surface area (Å²) in [7, 11) is 1.82. The molecule has 0 saturated heterocycles. The molecule has 0 atom stereocenters. The Morgan fingerprint density at radius 3 is 3.21 bits per heavy atom. The van der Waals surface area contributed by atoms with Gasteiger partial charge in [0.1, 0.15) is 5.82 Å². The highest BCUT2D eigenvalue weighted by Crippen LogP contribution is 2.25. The van der Waals surface area contributed by atoms with Gasteiger partial charge >= 0.3 is 0 Å². The topological polar surface area (TPSA) is 45.2 Å². The van der Waals surface area contributed by atoms with Gasteiger partial charge in [-0.15, -0.1) is 0 Å². The molecule has 0 bridgehead atoms. The molecule has 4 nitrogen and oxygen atoms in total. The van der Waals surface area contributed by atoms with Crippen LogP contribution in [0.3, 0.4) is 0 Å². The molecule has 1 aliphatic rings. The highest BCUT2D eigenvalue weighted by molar-refractivity contribution is 5.95. The summed E-state index contributed by atoms with van der Waals surface area (Å²) in [6, 6.07) is 1.28. The lowest BCUT2D eigenvalue weighted by Gasteiger charge is -2.16. The zero-order valence-electron chi connectivity index (χ0n) is 7.75. The molecule has 2 rings (SSSR count). The van der Waals surface area contributed by atoms with Crippen molar-refractivity contribution in [2.75, 3.05) is 23.8 Å². The largest absolute Gasteiger partial charge is 0.357 e. The van der Waals surface area contributed by atoms with E-state index in [1.165, 1.54) is 6.07 Å². The van der Waals surface area contributed by atoms with Crippen molar-refractivity contribution in [2.45, 2.75) is 6.42 Å². The van der Waals surface area contributed by atoms with Crippen LogP contribution >= 0.6 is 0 Å². The van der Waals surface area contributed by atoms with E-state index in [-0.39, 0.29) is 5.91 Å². The first-order chi connectivity index (χ1) is 6.66. The molecule has 2 heterocycles. The lowest BCUT2D eigenvalue weighted by molar-refractivity contribution is -0.115. The lowest BCUT2D eigenvalue weighted by atomic mass is 10.3. The quantitative estimate of drug-likeness (QED) is 0.671. The third-order valence-electron chi connectivity index (χ3n) is 2.14. The van der Waals surface area contributed by atoms with Crippen molar-refractivity contribution in [3.8, 4) is 0 Å². The van der Waals surface area contributed by atoms with Crippen LogP contribution in [0.15, 0.2) is 12.3 Å². The van der Waals surface area contributed by atoms with E-state index >= 15 is 0 Å². The van der Waals surface area contributed by atoms with Crippen LogP contribution < -0.4 is 10.2 Å². The number of halogens is 1. The van der Waals surface area contributed by atoms with Gasteiger partial charge in [-0.1, -0.05) is 0 Å². The lowest BCUT2D eigenvalue weighted by Crippen LogP contribution is -2.19. The number of hydrogen-bond donors (Lipinski definition) is 1. The smallest absolute Gasteiger partial charge is 0.226 e. The van der Waals surface area contributed by atoms with Crippen LogP contribution in [0.5, 0.6) is 0 Å². The molecular weight excluding hydrogens is 185 g/mol. The number of hydrogen-bond acceptors (Lipinski definition) is 3. The van der Waals surface area contributed by atoms with Crippen molar-refractivity contribution < 1.29 is 9.18 Å². The van der Waals surface area contributed by atoms with Gasteiger partial charge < -0.3 is 10.2 Å². The number of aromatic nitrogens is 1. The summed E-state index contributed by atoms with van der Waals surface area (Å²) in [6.45, 7) is 0.595. The second kappa shape index (κ2) is 3.25. The van der Waals surface area contributed by atoms with E-state index in [1.54, 1.807) is 0 Å². The van der Waals surface area contributed by atoms with E-state index in [0.29, 0.717) is 24.5 Å². The summed E-state index contributed by atoms with van der Waals surface area (Å²) in [5, 5.41) is 2.61. The normalized spacial score (nSPS) is 15.9. The number of rotatable bonds is 0. The van der Waals surface area contributed by atoms with Crippen LogP contribution in [0.25, 0.3) is 0 Å². The number of carbonyl (C=O) groups is 1. The Morgan fingerprint density at radius 1 is 1.64 bits per heavy atom. The fourth-order valence-electron chi connectivity index (χ4n) is 1.42. The maximum atomic E-state index is 12.8. The van der Waals surface area contributed by atoms with Gasteiger partial charge in [0.15, 0.2) is 5.82 Å². The number of nitrogens with zero attached hydrogens (tertiary/aromatic N) is 2. The number of nitrogens with one attached hydrogen (secondary N) is 1. The van der Waals surface area contributed by atoms with E-state index in [0.717, 1.165) is 6.20 Å². The maximum absolute atomic E-state index is 12.8. The average molecular weight is 195 g/mol. The number of anilines is 2. The Bertz CT molecular complexity index is 380. The van der Waals surface area contributed by atoms with E-state index in [2.05, 4.69) is 10.3 Å². The van der Waals surface area contributed by atoms with E-state index in [1.807, 2.05) is 11.9 Å². The minimum Gasteiger partial charge on any atom is -0.357 e. The minimum absolute atomic E-state index is 0.108. The van der Waals surface area contributed by atoms with Crippen molar-refractivity contribution >= 4 is 17.4 Å². The second-order valence-electron chi connectivity index (χ2n) is 3.24. The van der Waals surface area contributed by atoms with Crippen LogP contribution in [0.4, 0.5) is 15.9 Å². The Morgan fingerprint density at radius 2 is 2.43 bits per heavy atom. The van der Waals surface area contributed by atoms with E-state index in [4.69, 9.17) is 0 Å². The molecule has 0 fully saturated rings. The molecule has 0 aromatic carbocycles. The SMILES string of the molecule is CN1CCC(=O)Nc2cc(F)cnc21. The zero-order valence-corrected chi connectivity index (χ0v) is 7.75.